The minimum Gasteiger partial charge on any atom is -0.459 e. The molecule has 0 unspecified atom stereocenters. The molecule has 0 spiro atoms. The van der Waals surface area contributed by atoms with Crippen molar-refractivity contribution in [2.45, 2.75) is 46.8 Å². The lowest BCUT2D eigenvalue weighted by Gasteiger charge is -2.43. The van der Waals surface area contributed by atoms with E-state index in [1.54, 1.807) is 0 Å². The Balaban J connectivity index is 2.24. The van der Waals surface area contributed by atoms with Crippen molar-refractivity contribution in [3.63, 3.8) is 0 Å². The summed E-state index contributed by atoms with van der Waals surface area (Å²) in [7, 11) is 2.07. The van der Waals surface area contributed by atoms with Crippen LogP contribution < -0.4 is 0 Å². The molecule has 1 N–H and O–H groups in total. The highest BCUT2D eigenvalue weighted by molar-refractivity contribution is 5.91. The van der Waals surface area contributed by atoms with E-state index >= 15 is 0 Å². The molecule has 2 aliphatic heterocycles. The normalized spacial score (nSPS) is 27.8. The van der Waals surface area contributed by atoms with Crippen LogP contribution in [0, 0.1) is 17.3 Å². The molecule has 0 aromatic rings. The number of hydrogen-bond donors (Lipinski definition) is 1. The first kappa shape index (κ1) is 21.2. The summed E-state index contributed by atoms with van der Waals surface area (Å²) in [4.78, 5) is 17.1. The van der Waals surface area contributed by atoms with Gasteiger partial charge in [-0.25, -0.2) is 0 Å². The fraction of sp³-hybridized carbons (Fsp3) is 0.850. The molecule has 150 valence electrons. The number of rotatable bonds is 6. The van der Waals surface area contributed by atoms with Crippen LogP contribution in [-0.4, -0.2) is 73.5 Å². The standard InChI is InChI=1S/C20H36N2O4/c1-6-25-19-15(8-7-13-23)16(20(2,3)4)14-17(26-19)18(24)22-11-9-21(5)10-12-22/h14-16,19,23H,6-13H2,1-5H3/t15-,16+,19-/m0/s1. The molecule has 0 bridgehead atoms. The zero-order chi connectivity index (χ0) is 19.3. The second-order valence-corrected chi connectivity index (χ2v) is 8.49. The number of amides is 1. The second kappa shape index (κ2) is 9.20. The van der Waals surface area contributed by atoms with Crippen molar-refractivity contribution in [2.75, 3.05) is 46.4 Å². The minimum absolute atomic E-state index is 0.0209. The minimum atomic E-state index is -0.438. The van der Waals surface area contributed by atoms with Gasteiger partial charge in [0.05, 0.1) is 0 Å². The topological polar surface area (TPSA) is 62.2 Å². The van der Waals surface area contributed by atoms with E-state index in [0.29, 0.717) is 18.8 Å². The van der Waals surface area contributed by atoms with Gasteiger partial charge in [0, 0.05) is 45.3 Å². The number of carbonyl (C=O) groups is 1. The highest BCUT2D eigenvalue weighted by Gasteiger charge is 2.42. The van der Waals surface area contributed by atoms with Crippen LogP contribution in [0.2, 0.25) is 0 Å². The van der Waals surface area contributed by atoms with Gasteiger partial charge in [0.2, 0.25) is 6.29 Å². The lowest BCUT2D eigenvalue weighted by molar-refractivity contribution is -0.182. The van der Waals surface area contributed by atoms with Gasteiger partial charge in [0.1, 0.15) is 0 Å². The summed E-state index contributed by atoms with van der Waals surface area (Å²) in [5, 5.41) is 9.27. The summed E-state index contributed by atoms with van der Waals surface area (Å²) in [6, 6.07) is 0. The van der Waals surface area contributed by atoms with Crippen LogP contribution in [0.1, 0.15) is 40.5 Å². The van der Waals surface area contributed by atoms with E-state index in [1.165, 1.54) is 0 Å². The SMILES string of the molecule is CCO[C@H]1OC(C(=O)N2CCN(C)CC2)=C[C@@H](C(C)(C)C)[C@@H]1CCCO. The number of piperazine rings is 1. The highest BCUT2D eigenvalue weighted by Crippen LogP contribution is 2.42. The van der Waals surface area contributed by atoms with Crippen molar-refractivity contribution in [3.8, 4) is 0 Å². The Labute approximate surface area is 158 Å². The Morgan fingerprint density at radius 3 is 2.50 bits per heavy atom. The molecular weight excluding hydrogens is 332 g/mol. The van der Waals surface area contributed by atoms with Crippen molar-refractivity contribution in [1.29, 1.82) is 0 Å². The van der Waals surface area contributed by atoms with Crippen LogP contribution >= 0.6 is 0 Å². The maximum atomic E-state index is 13.0. The maximum Gasteiger partial charge on any atom is 0.288 e. The van der Waals surface area contributed by atoms with Gasteiger partial charge in [-0.3, -0.25) is 4.79 Å². The van der Waals surface area contributed by atoms with Crippen LogP contribution in [-0.2, 0) is 14.3 Å². The summed E-state index contributed by atoms with van der Waals surface area (Å²) in [6.45, 7) is 12.4. The fourth-order valence-electron chi connectivity index (χ4n) is 3.85. The Morgan fingerprint density at radius 2 is 1.96 bits per heavy atom. The number of hydrogen-bond acceptors (Lipinski definition) is 5. The third-order valence-corrected chi connectivity index (χ3v) is 5.41. The molecule has 0 aromatic carbocycles. The lowest BCUT2D eigenvalue weighted by atomic mass is 9.70. The third kappa shape index (κ3) is 5.21. The predicted octanol–water partition coefficient (Wildman–Crippen LogP) is 2.09. The van der Waals surface area contributed by atoms with Crippen molar-refractivity contribution in [1.82, 2.24) is 9.80 Å². The smallest absolute Gasteiger partial charge is 0.288 e. The monoisotopic (exact) mass is 368 g/mol. The van der Waals surface area contributed by atoms with E-state index in [0.717, 1.165) is 32.6 Å². The number of carbonyl (C=O) groups excluding carboxylic acids is 1. The van der Waals surface area contributed by atoms with Crippen LogP contribution in [0.15, 0.2) is 11.8 Å². The molecule has 0 saturated carbocycles. The van der Waals surface area contributed by atoms with Gasteiger partial charge in [-0.1, -0.05) is 20.8 Å². The lowest BCUT2D eigenvalue weighted by Crippen LogP contribution is -2.49. The summed E-state index contributed by atoms with van der Waals surface area (Å²) >= 11 is 0. The molecule has 2 aliphatic rings. The average Bonchev–Trinajstić information content (AvgIpc) is 2.59. The molecule has 0 aromatic heterocycles. The summed E-state index contributed by atoms with van der Waals surface area (Å²) in [6.07, 6.45) is 3.10. The Morgan fingerprint density at radius 1 is 1.31 bits per heavy atom. The first-order valence-corrected chi connectivity index (χ1v) is 9.86. The largest absolute Gasteiger partial charge is 0.459 e. The van der Waals surface area contributed by atoms with Gasteiger partial charge >= 0.3 is 0 Å². The molecule has 1 saturated heterocycles. The summed E-state index contributed by atoms with van der Waals surface area (Å²) in [5.41, 5.74) is -0.0209. The molecule has 2 heterocycles. The molecule has 2 rings (SSSR count). The van der Waals surface area contributed by atoms with Crippen LogP contribution in [0.5, 0.6) is 0 Å². The van der Waals surface area contributed by atoms with Crippen molar-refractivity contribution in [2.24, 2.45) is 17.3 Å². The van der Waals surface area contributed by atoms with Crippen LogP contribution in [0.25, 0.3) is 0 Å². The number of aliphatic hydroxyl groups excluding tert-OH is 1. The number of likely N-dealkylation sites (N-methyl/N-ethyl adjacent to an activating group) is 1. The number of aliphatic hydroxyl groups is 1. The first-order chi connectivity index (χ1) is 12.3. The van der Waals surface area contributed by atoms with Gasteiger partial charge in [-0.15, -0.1) is 0 Å². The molecule has 0 aliphatic carbocycles. The zero-order valence-electron chi connectivity index (χ0n) is 17.0. The van der Waals surface area contributed by atoms with Crippen LogP contribution in [0.3, 0.4) is 0 Å². The van der Waals surface area contributed by atoms with E-state index in [4.69, 9.17) is 9.47 Å². The molecule has 3 atom stereocenters. The number of nitrogens with zero attached hydrogens (tertiary/aromatic N) is 2. The van der Waals surface area contributed by atoms with Crippen molar-refractivity contribution >= 4 is 5.91 Å². The Bertz CT molecular complexity index is 493. The molecule has 1 amide bonds. The summed E-state index contributed by atoms with van der Waals surface area (Å²) in [5.74, 6) is 0.683. The molecule has 1 fully saturated rings. The molecule has 26 heavy (non-hydrogen) atoms. The molecule has 6 nitrogen and oxygen atoms in total. The maximum absolute atomic E-state index is 13.0. The second-order valence-electron chi connectivity index (χ2n) is 8.49. The van der Waals surface area contributed by atoms with E-state index in [-0.39, 0.29) is 29.8 Å². The van der Waals surface area contributed by atoms with E-state index in [2.05, 4.69) is 32.7 Å². The summed E-state index contributed by atoms with van der Waals surface area (Å²) < 4.78 is 11.9. The van der Waals surface area contributed by atoms with E-state index in [9.17, 15) is 9.90 Å². The Kier molecular flexibility index (Phi) is 7.50. The van der Waals surface area contributed by atoms with Gasteiger partial charge in [0.25, 0.3) is 5.91 Å². The van der Waals surface area contributed by atoms with Crippen molar-refractivity contribution in [3.05, 3.63) is 11.8 Å². The van der Waals surface area contributed by atoms with Gasteiger partial charge < -0.3 is 24.4 Å². The number of allylic oxidation sites excluding steroid dienone is 1. The Hall–Kier alpha value is -1.11. The molecule has 6 heteroatoms. The highest BCUT2D eigenvalue weighted by atomic mass is 16.7. The van der Waals surface area contributed by atoms with Crippen molar-refractivity contribution < 1.29 is 19.4 Å². The quantitative estimate of drug-likeness (QED) is 0.778. The third-order valence-electron chi connectivity index (χ3n) is 5.41. The van der Waals surface area contributed by atoms with Crippen LogP contribution in [0.4, 0.5) is 0 Å². The van der Waals surface area contributed by atoms with Gasteiger partial charge in [0.15, 0.2) is 5.76 Å². The predicted molar refractivity (Wildman–Crippen MR) is 101 cm³/mol. The van der Waals surface area contributed by atoms with Gasteiger partial charge in [-0.05, 0) is 44.2 Å². The first-order valence-electron chi connectivity index (χ1n) is 9.86. The molecule has 0 radical (unpaired) electrons. The molecular formula is C20H36N2O4. The van der Waals surface area contributed by atoms with E-state index < -0.39 is 6.29 Å². The van der Waals surface area contributed by atoms with E-state index in [1.807, 2.05) is 17.9 Å². The zero-order valence-corrected chi connectivity index (χ0v) is 17.0. The average molecular weight is 369 g/mol. The number of ether oxygens (including phenoxy) is 2. The fourth-order valence-corrected chi connectivity index (χ4v) is 3.85. The van der Waals surface area contributed by atoms with Gasteiger partial charge in [-0.2, -0.15) is 0 Å².